The van der Waals surface area contributed by atoms with Crippen molar-refractivity contribution in [1.82, 2.24) is 19.9 Å². The van der Waals surface area contributed by atoms with E-state index in [1.165, 1.54) is 11.1 Å². The van der Waals surface area contributed by atoms with Gasteiger partial charge >= 0.3 is 45.3 Å². The van der Waals surface area contributed by atoms with Gasteiger partial charge in [-0.15, -0.1) is 24.3 Å². The number of benzene rings is 2. The van der Waals surface area contributed by atoms with Crippen molar-refractivity contribution in [2.75, 3.05) is 0 Å². The third kappa shape index (κ3) is 19.0. The second-order valence-electron chi connectivity index (χ2n) is 15.3. The Labute approximate surface area is 369 Å². The topological polar surface area (TPSA) is 51.6 Å². The van der Waals surface area contributed by atoms with Gasteiger partial charge in [0, 0.05) is 67.5 Å². The molecule has 6 aromatic rings. The smallest absolute Gasteiger partial charge is 0.304 e. The van der Waals surface area contributed by atoms with E-state index < -0.39 is 54.6 Å². The van der Waals surface area contributed by atoms with Crippen molar-refractivity contribution in [2.45, 2.75) is 64.7 Å². The van der Waals surface area contributed by atoms with Crippen LogP contribution >= 0.6 is 7.81 Å². The first-order valence-corrected chi connectivity index (χ1v) is 19.7. The van der Waals surface area contributed by atoms with E-state index in [-0.39, 0.29) is 52.8 Å². The first kappa shape index (κ1) is 55.1. The van der Waals surface area contributed by atoms with E-state index in [1.54, 1.807) is 0 Å². The fourth-order valence-corrected chi connectivity index (χ4v) is 4.78. The second-order valence-corrected chi connectivity index (χ2v) is 17.2. The number of alkyl halides is 6. The second kappa shape index (κ2) is 19.6. The summed E-state index contributed by atoms with van der Waals surface area (Å²) in [7, 11) is -10.7. The van der Waals surface area contributed by atoms with Gasteiger partial charge in [-0.2, -0.15) is 26.3 Å². The molecule has 0 amide bonds. The summed E-state index contributed by atoms with van der Waals surface area (Å²) in [6, 6.07) is 19.6. The molecule has 0 spiro atoms. The van der Waals surface area contributed by atoms with Crippen LogP contribution in [0.3, 0.4) is 0 Å². The minimum Gasteiger partial charge on any atom is -0.304 e. The molecule has 64 heavy (non-hydrogen) atoms. The number of nitrogens with zero attached hydrogens (tertiary/aromatic N) is 4. The van der Waals surface area contributed by atoms with Crippen molar-refractivity contribution in [2.24, 2.45) is 0 Å². The van der Waals surface area contributed by atoms with Crippen LogP contribution in [0.1, 0.15) is 63.8 Å². The molecule has 4 aromatic heterocycles. The van der Waals surface area contributed by atoms with Gasteiger partial charge in [0.15, 0.2) is 0 Å². The van der Waals surface area contributed by atoms with Crippen LogP contribution in [0, 0.1) is 35.4 Å². The van der Waals surface area contributed by atoms with Gasteiger partial charge in [-0.25, -0.2) is 0 Å². The molecule has 0 aliphatic carbocycles. The average Bonchev–Trinajstić information content (AvgIpc) is 3.13. The molecule has 0 fully saturated rings. The molecule has 0 atom stereocenters. The molecule has 4 heterocycles. The molecule has 6 rings (SSSR count). The normalized spacial score (nSPS) is 13.0. The average molecular weight is 1030 g/mol. The molecule has 0 bridgehead atoms. The molecule has 2 aromatic carbocycles. The maximum absolute atomic E-state index is 13.3. The molecule has 0 radical (unpaired) electrons. The molecule has 0 aliphatic heterocycles. The van der Waals surface area contributed by atoms with Gasteiger partial charge < -0.3 is 9.97 Å². The number of pyridine rings is 4. The van der Waals surface area contributed by atoms with Crippen LogP contribution in [0.2, 0.25) is 0 Å². The SMILES string of the molecule is CC(C)(C)c1ccnc(-c2cc(C(C)(C)C)ccn2)c1.F[P-](F)(F)(F)(F)F.Fc1c[c-]c(-c2ccc(C(F)(F)F)cn2)c(F)c1.Fc1c[c-]c(-c2ccc(C(F)(F)F)cn2)c(F)c1.[Ru]. The van der Waals surface area contributed by atoms with Gasteiger partial charge in [-0.05, 0) is 57.6 Å². The van der Waals surface area contributed by atoms with Crippen molar-refractivity contribution in [3.05, 3.63) is 155 Å². The van der Waals surface area contributed by atoms with Gasteiger partial charge in [0.2, 0.25) is 0 Å². The summed E-state index contributed by atoms with van der Waals surface area (Å²) < 4.78 is 185. The van der Waals surface area contributed by atoms with E-state index in [0.29, 0.717) is 24.5 Å². The zero-order valence-electron chi connectivity index (χ0n) is 33.9. The maximum Gasteiger partial charge on any atom is 0.417 e. The molecule has 4 nitrogen and oxygen atoms in total. The molecule has 0 saturated heterocycles. The van der Waals surface area contributed by atoms with Crippen molar-refractivity contribution in [3.63, 3.8) is 0 Å². The Morgan fingerprint density at radius 1 is 0.438 bits per heavy atom. The zero-order chi connectivity index (χ0) is 48.0. The summed E-state index contributed by atoms with van der Waals surface area (Å²) in [5, 5.41) is 0. The minimum atomic E-state index is -10.7. The number of halogens is 16. The van der Waals surface area contributed by atoms with Crippen LogP contribution in [0.5, 0.6) is 0 Å². The van der Waals surface area contributed by atoms with Crippen LogP contribution in [0.15, 0.2) is 97.6 Å². The van der Waals surface area contributed by atoms with Crippen molar-refractivity contribution < 1.29 is 88.6 Å². The van der Waals surface area contributed by atoms with E-state index in [4.69, 9.17) is 0 Å². The molecule has 0 N–H and O–H groups in total. The molecule has 22 heteroatoms. The van der Waals surface area contributed by atoms with Crippen molar-refractivity contribution >= 4 is 7.81 Å². The van der Waals surface area contributed by atoms with Crippen LogP contribution in [-0.2, 0) is 42.7 Å². The fourth-order valence-electron chi connectivity index (χ4n) is 4.78. The Kier molecular flexibility index (Phi) is 16.9. The van der Waals surface area contributed by atoms with Crippen molar-refractivity contribution in [1.29, 1.82) is 0 Å². The Morgan fingerprint density at radius 3 is 0.984 bits per heavy atom. The van der Waals surface area contributed by atoms with Gasteiger partial charge in [-0.1, -0.05) is 89.1 Å². The van der Waals surface area contributed by atoms with Gasteiger partial charge in [0.25, 0.3) is 0 Å². The number of hydrogen-bond donors (Lipinski definition) is 0. The van der Waals surface area contributed by atoms with Gasteiger partial charge in [0.05, 0.1) is 22.5 Å². The van der Waals surface area contributed by atoms with Gasteiger partial charge in [-0.3, -0.25) is 27.5 Å². The van der Waals surface area contributed by atoms with E-state index >= 15 is 0 Å². The standard InChI is InChI=1S/C18H24N2.2C12H5F5N.F6P.Ru/c1-17(2,3)13-7-9-19-15(11-13)16-12-14(8-10-20-16)18(4,5)6;2*13-8-2-3-9(10(14)5-8)11-4-1-7(6-18-11)12(15,16)17;1-7(2,3,4,5)6;/h7-12H,1-6H3;2*1-2,4-6H;;/q;3*-1;. The molecule has 0 unspecified atom stereocenters. The van der Waals surface area contributed by atoms with E-state index in [1.807, 2.05) is 12.4 Å². The first-order valence-electron chi connectivity index (χ1n) is 17.7. The fraction of sp³-hybridized carbons (Fsp3) is 0.238. The summed E-state index contributed by atoms with van der Waals surface area (Å²) >= 11 is 0. The zero-order valence-corrected chi connectivity index (χ0v) is 36.5. The number of aromatic nitrogens is 4. The van der Waals surface area contributed by atoms with Crippen LogP contribution in [-0.4, -0.2) is 19.9 Å². The predicted octanol–water partition coefficient (Wildman–Crippen LogP) is 15.8. The summed E-state index contributed by atoms with van der Waals surface area (Å²) in [6.07, 6.45) is -4.08. The Balaban J connectivity index is 0.000000305. The van der Waals surface area contributed by atoms with Crippen LogP contribution in [0.4, 0.5) is 69.1 Å². The van der Waals surface area contributed by atoms with Crippen LogP contribution in [0.25, 0.3) is 33.9 Å². The summed E-state index contributed by atoms with van der Waals surface area (Å²) in [6.45, 7) is 13.3. The summed E-state index contributed by atoms with van der Waals surface area (Å²) in [5.41, 5.74) is 2.40. The van der Waals surface area contributed by atoms with E-state index in [9.17, 15) is 69.1 Å². The number of rotatable bonds is 3. The minimum absolute atomic E-state index is 0. The third-order valence-electron chi connectivity index (χ3n) is 7.92. The molecule has 0 aliphatic rings. The predicted molar refractivity (Wildman–Crippen MR) is 205 cm³/mol. The molecule has 350 valence electrons. The maximum atomic E-state index is 13.3. The monoisotopic (exact) mass is 1030 g/mol. The largest absolute Gasteiger partial charge is 0.417 e. The third-order valence-corrected chi connectivity index (χ3v) is 7.92. The molecule has 0 saturated carbocycles. The Bertz CT molecular complexity index is 2310. The quantitative estimate of drug-likeness (QED) is 0.0767. The number of hydrogen-bond acceptors (Lipinski definition) is 4. The van der Waals surface area contributed by atoms with E-state index in [0.717, 1.165) is 47.8 Å². The summed E-state index contributed by atoms with van der Waals surface area (Å²) in [5.74, 6) is -3.49. The Hall–Kier alpha value is -5.03. The first-order chi connectivity index (χ1) is 28.4. The van der Waals surface area contributed by atoms with E-state index in [2.05, 4.69) is 97.9 Å². The molecular weight excluding hydrogens is 997 g/mol. The Morgan fingerprint density at radius 2 is 0.750 bits per heavy atom. The summed E-state index contributed by atoms with van der Waals surface area (Å²) in [4.78, 5) is 16.0. The van der Waals surface area contributed by atoms with Crippen LogP contribution < -0.4 is 0 Å². The molecular formula is C42H34F16N4PRu-3. The van der Waals surface area contributed by atoms with Crippen molar-refractivity contribution in [3.8, 4) is 33.9 Å². The van der Waals surface area contributed by atoms with Gasteiger partial charge in [0.1, 0.15) is 0 Å².